The highest BCUT2D eigenvalue weighted by atomic mass is 19.3. The molecule has 1 aromatic heterocycles. The molecule has 3 atom stereocenters. The summed E-state index contributed by atoms with van der Waals surface area (Å²) in [7, 11) is 0. The van der Waals surface area contributed by atoms with Gasteiger partial charge >= 0.3 is 0 Å². The summed E-state index contributed by atoms with van der Waals surface area (Å²) in [4.78, 5) is 52.7. The molecule has 0 unspecified atom stereocenters. The van der Waals surface area contributed by atoms with Gasteiger partial charge in [-0.3, -0.25) is 23.9 Å². The minimum absolute atomic E-state index is 0.0749. The molecule has 0 bridgehead atoms. The second-order valence-electron chi connectivity index (χ2n) is 11.3. The molecule has 1 saturated heterocycles. The number of halogens is 3. The number of nitrogens with zero attached hydrogens (tertiary/aromatic N) is 3. The number of rotatable bonds is 11. The van der Waals surface area contributed by atoms with Crippen molar-refractivity contribution in [1.82, 2.24) is 25.3 Å². The van der Waals surface area contributed by atoms with Gasteiger partial charge in [0.2, 0.25) is 17.7 Å². The number of likely N-dealkylation sites (tertiary alicyclic amines) is 1. The van der Waals surface area contributed by atoms with Crippen LogP contribution in [0.2, 0.25) is 0 Å². The summed E-state index contributed by atoms with van der Waals surface area (Å²) in [6.07, 6.45) is 5.95. The summed E-state index contributed by atoms with van der Waals surface area (Å²) in [5.41, 5.74) is 0.543. The Hall–Kier alpha value is -3.90. The zero-order chi connectivity index (χ0) is 31.3. The Balaban J connectivity index is 1.51. The predicted octanol–water partition coefficient (Wildman–Crippen LogP) is 3.84. The van der Waals surface area contributed by atoms with Crippen LogP contribution in [0.1, 0.15) is 81.3 Å². The van der Waals surface area contributed by atoms with Crippen molar-refractivity contribution in [2.24, 2.45) is 5.92 Å². The van der Waals surface area contributed by atoms with Crippen LogP contribution in [0.15, 0.2) is 30.5 Å². The first-order valence-electron chi connectivity index (χ1n) is 14.8. The first kappa shape index (κ1) is 32.0. The van der Waals surface area contributed by atoms with Gasteiger partial charge in [-0.25, -0.2) is 13.2 Å². The third-order valence-electron chi connectivity index (χ3n) is 8.28. The lowest BCUT2D eigenvalue weighted by Crippen LogP contribution is -2.63. The fourth-order valence-electron chi connectivity index (χ4n) is 5.72. The van der Waals surface area contributed by atoms with Gasteiger partial charge in [-0.15, -0.1) is 0 Å². The Morgan fingerprint density at radius 1 is 1.05 bits per heavy atom. The lowest BCUT2D eigenvalue weighted by molar-refractivity contribution is -0.168. The number of aromatic nitrogens is 2. The Bertz CT molecular complexity index is 1330. The van der Waals surface area contributed by atoms with Gasteiger partial charge in [0, 0.05) is 25.1 Å². The molecule has 4 amide bonds. The number of carbonyl (C=O) groups excluding carboxylic acids is 4. The van der Waals surface area contributed by atoms with E-state index in [1.54, 1.807) is 19.9 Å². The largest absolute Gasteiger partial charge is 0.344 e. The van der Waals surface area contributed by atoms with Crippen molar-refractivity contribution in [2.45, 2.75) is 89.8 Å². The Morgan fingerprint density at radius 2 is 1.74 bits per heavy atom. The number of anilines is 1. The summed E-state index contributed by atoms with van der Waals surface area (Å²) in [6.45, 7) is 4.04. The average Bonchev–Trinajstić information content (AvgIpc) is 3.47. The average molecular weight is 605 g/mol. The monoisotopic (exact) mass is 604 g/mol. The van der Waals surface area contributed by atoms with E-state index >= 15 is 4.39 Å². The van der Waals surface area contributed by atoms with Gasteiger partial charge < -0.3 is 20.9 Å². The van der Waals surface area contributed by atoms with Crippen LogP contribution in [0.5, 0.6) is 0 Å². The van der Waals surface area contributed by atoms with E-state index in [1.807, 2.05) is 6.92 Å². The fraction of sp³-hybridized carbons (Fsp3) is 0.567. The third-order valence-corrected chi connectivity index (χ3v) is 8.28. The van der Waals surface area contributed by atoms with Gasteiger partial charge in [0.05, 0.1) is 18.8 Å². The first-order chi connectivity index (χ1) is 20.4. The van der Waals surface area contributed by atoms with E-state index < -0.39 is 66.5 Å². The summed E-state index contributed by atoms with van der Waals surface area (Å²) < 4.78 is 43.8. The quantitative estimate of drug-likeness (QED) is 0.360. The van der Waals surface area contributed by atoms with E-state index in [4.69, 9.17) is 0 Å². The van der Waals surface area contributed by atoms with Crippen LogP contribution in [0.25, 0.3) is 0 Å². The van der Waals surface area contributed by atoms with E-state index in [-0.39, 0.29) is 18.0 Å². The molecule has 43 heavy (non-hydrogen) atoms. The Kier molecular flexibility index (Phi) is 10.1. The molecule has 0 spiro atoms. The number of alkyl halides is 2. The summed E-state index contributed by atoms with van der Waals surface area (Å²) in [5.74, 6) is -6.75. The third kappa shape index (κ3) is 7.55. The molecule has 2 aromatic rings. The molecular weight excluding hydrogens is 565 g/mol. The molecule has 2 heterocycles. The lowest BCUT2D eigenvalue weighted by Gasteiger charge is -2.41. The molecule has 2 fully saturated rings. The van der Waals surface area contributed by atoms with E-state index in [1.165, 1.54) is 23.0 Å². The standard InChI is InChI=1S/C30H39F3N6O4/c1-4-24(40)36-25(29(43)38-16-30(32,33)17-38)18(3)20-11-12-22(21(31)15-20)35-28(42)26(19-9-7-6-8-10-19)37-27(41)23-13-14-34-39(23)5-2/h11-15,18-19,25-26H,4-10,16-17H2,1-3H3,(H,35,42)(H,36,40)(H,37,41)/t18-,25+,26-/m0/s1. The topological polar surface area (TPSA) is 125 Å². The molecule has 4 rings (SSSR count). The zero-order valence-electron chi connectivity index (χ0n) is 24.7. The fourth-order valence-corrected chi connectivity index (χ4v) is 5.72. The second kappa shape index (κ2) is 13.6. The predicted molar refractivity (Wildman–Crippen MR) is 153 cm³/mol. The van der Waals surface area contributed by atoms with Gasteiger partial charge in [0.1, 0.15) is 23.6 Å². The van der Waals surface area contributed by atoms with Crippen molar-refractivity contribution >= 4 is 29.3 Å². The van der Waals surface area contributed by atoms with E-state index in [0.717, 1.165) is 43.1 Å². The highest BCUT2D eigenvalue weighted by molar-refractivity contribution is 6.00. The number of carbonyl (C=O) groups is 4. The van der Waals surface area contributed by atoms with Crippen molar-refractivity contribution in [2.75, 3.05) is 18.4 Å². The zero-order valence-corrected chi connectivity index (χ0v) is 24.7. The van der Waals surface area contributed by atoms with Crippen molar-refractivity contribution in [1.29, 1.82) is 0 Å². The number of hydrogen-bond donors (Lipinski definition) is 3. The van der Waals surface area contributed by atoms with Gasteiger partial charge in [-0.2, -0.15) is 5.10 Å². The number of amides is 4. The molecule has 1 aliphatic carbocycles. The molecule has 1 aliphatic heterocycles. The Morgan fingerprint density at radius 3 is 2.35 bits per heavy atom. The summed E-state index contributed by atoms with van der Waals surface area (Å²) in [6, 6.07) is 3.52. The molecule has 1 saturated carbocycles. The van der Waals surface area contributed by atoms with Gasteiger partial charge in [-0.1, -0.05) is 39.2 Å². The highest BCUT2D eigenvalue weighted by Gasteiger charge is 2.48. The molecule has 2 aliphatic rings. The van der Waals surface area contributed by atoms with Crippen molar-refractivity contribution < 1.29 is 32.3 Å². The maximum absolute atomic E-state index is 15.4. The Labute approximate surface area is 248 Å². The van der Waals surface area contributed by atoms with Crippen molar-refractivity contribution in [3.05, 3.63) is 47.5 Å². The molecule has 0 radical (unpaired) electrons. The minimum Gasteiger partial charge on any atom is -0.344 e. The molecule has 3 N–H and O–H groups in total. The van der Waals surface area contributed by atoms with Crippen molar-refractivity contribution in [3.63, 3.8) is 0 Å². The van der Waals surface area contributed by atoms with E-state index in [2.05, 4.69) is 21.0 Å². The molecule has 1 aromatic carbocycles. The van der Waals surface area contributed by atoms with Crippen LogP contribution < -0.4 is 16.0 Å². The van der Waals surface area contributed by atoms with Gasteiger partial charge in [-0.05, 0) is 49.4 Å². The minimum atomic E-state index is -2.98. The summed E-state index contributed by atoms with van der Waals surface area (Å²) >= 11 is 0. The summed E-state index contributed by atoms with van der Waals surface area (Å²) in [5, 5.41) is 12.2. The van der Waals surface area contributed by atoms with Crippen LogP contribution in [-0.2, 0) is 20.9 Å². The maximum atomic E-state index is 15.4. The van der Waals surface area contributed by atoms with Crippen LogP contribution in [0.3, 0.4) is 0 Å². The van der Waals surface area contributed by atoms with Gasteiger partial charge in [0.15, 0.2) is 0 Å². The maximum Gasteiger partial charge on any atom is 0.282 e. The van der Waals surface area contributed by atoms with E-state index in [0.29, 0.717) is 17.8 Å². The van der Waals surface area contributed by atoms with Gasteiger partial charge in [0.25, 0.3) is 11.8 Å². The number of hydrogen-bond acceptors (Lipinski definition) is 5. The molecule has 13 heteroatoms. The smallest absolute Gasteiger partial charge is 0.282 e. The van der Waals surface area contributed by atoms with Crippen molar-refractivity contribution in [3.8, 4) is 0 Å². The van der Waals surface area contributed by atoms with Crippen LogP contribution in [0, 0.1) is 11.7 Å². The first-order valence-corrected chi connectivity index (χ1v) is 14.8. The molecular formula is C30H39F3N6O4. The van der Waals surface area contributed by atoms with Crippen LogP contribution in [-0.4, -0.2) is 69.4 Å². The van der Waals surface area contributed by atoms with E-state index in [9.17, 15) is 28.0 Å². The molecule has 234 valence electrons. The lowest BCUT2D eigenvalue weighted by atomic mass is 9.83. The van der Waals surface area contributed by atoms with Crippen LogP contribution >= 0.6 is 0 Å². The second-order valence-corrected chi connectivity index (χ2v) is 11.3. The molecule has 10 nitrogen and oxygen atoms in total. The SMILES string of the molecule is CCC(=O)N[C@@H](C(=O)N1CC(F)(F)C1)[C@@H](C)c1ccc(NC(=O)[C@@H](NC(=O)c2ccnn2CC)C2CCCCC2)c(F)c1. The number of nitrogens with one attached hydrogen (secondary N) is 3. The van der Waals surface area contributed by atoms with Crippen LogP contribution in [0.4, 0.5) is 18.9 Å². The highest BCUT2D eigenvalue weighted by Crippen LogP contribution is 2.31. The normalized spacial score (nSPS) is 18.6. The number of aryl methyl sites for hydroxylation is 1. The number of benzene rings is 1.